The highest BCUT2D eigenvalue weighted by Crippen LogP contribution is 2.32. The average molecular weight is 444 g/mol. The largest absolute Gasteiger partial charge is 0.433 e. The second-order valence-electron chi connectivity index (χ2n) is 7.48. The molecule has 1 aliphatic heterocycles. The monoisotopic (exact) mass is 444 g/mol. The highest BCUT2D eigenvalue weighted by Gasteiger charge is 2.51. The van der Waals surface area contributed by atoms with E-state index in [0.717, 1.165) is 12.1 Å². The van der Waals surface area contributed by atoms with E-state index in [4.69, 9.17) is 6.42 Å². The van der Waals surface area contributed by atoms with Crippen LogP contribution in [0.25, 0.3) is 11.5 Å². The first-order chi connectivity index (χ1) is 15.0. The topological polar surface area (TPSA) is 96.8 Å². The molecule has 0 fully saturated rings. The number of halogens is 3. The van der Waals surface area contributed by atoms with Crippen LogP contribution >= 0.6 is 0 Å². The van der Waals surface area contributed by atoms with Crippen molar-refractivity contribution in [3.63, 3.8) is 0 Å². The van der Waals surface area contributed by atoms with Crippen LogP contribution in [0.2, 0.25) is 0 Å². The summed E-state index contributed by atoms with van der Waals surface area (Å²) >= 11 is 0. The zero-order chi connectivity index (χ0) is 23.3. The molecule has 0 radical (unpaired) electrons. The quantitative estimate of drug-likeness (QED) is 0.493. The Hall–Kier alpha value is -3.98. The Morgan fingerprint density at radius 3 is 2.72 bits per heavy atom. The van der Waals surface area contributed by atoms with Crippen molar-refractivity contribution >= 4 is 17.8 Å². The molecule has 1 N–H and O–H groups in total. The maximum atomic E-state index is 12.9. The molecule has 0 aliphatic carbocycles. The first-order valence-electron chi connectivity index (χ1n) is 9.33. The van der Waals surface area contributed by atoms with Crippen molar-refractivity contribution < 1.29 is 27.2 Å². The molecule has 3 heterocycles. The van der Waals surface area contributed by atoms with E-state index >= 15 is 0 Å². The van der Waals surface area contributed by atoms with Crippen molar-refractivity contribution in [3.8, 4) is 23.9 Å². The molecule has 4 rings (SSSR count). The predicted octanol–water partition coefficient (Wildman–Crippen LogP) is 2.53. The summed E-state index contributed by atoms with van der Waals surface area (Å²) < 4.78 is 39.5. The van der Waals surface area contributed by atoms with Gasteiger partial charge in [-0.05, 0) is 23.6 Å². The minimum absolute atomic E-state index is 0.0474. The number of urea groups is 1. The first-order valence-corrected chi connectivity index (χ1v) is 9.33. The fourth-order valence-electron chi connectivity index (χ4n) is 3.47. The van der Waals surface area contributed by atoms with Gasteiger partial charge in [0.25, 0.3) is 0 Å². The number of aromatic amines is 1. The highest BCUT2D eigenvalue weighted by molar-refractivity contribution is 6.08. The predicted molar refractivity (Wildman–Crippen MR) is 106 cm³/mol. The number of carbonyl (C=O) groups is 2. The Labute approximate surface area is 180 Å². The van der Waals surface area contributed by atoms with Crippen molar-refractivity contribution in [1.29, 1.82) is 0 Å². The average Bonchev–Trinajstić information content (AvgIpc) is 3.38. The number of aromatic nitrogens is 5. The lowest BCUT2D eigenvalue weighted by atomic mass is 10.1. The van der Waals surface area contributed by atoms with Gasteiger partial charge in [0.15, 0.2) is 23.9 Å². The molecule has 3 amide bonds. The number of terminal acetylenes is 1. The Morgan fingerprint density at radius 1 is 1.28 bits per heavy atom. The Bertz CT molecular complexity index is 1270. The number of amides is 3. The number of rotatable bonds is 4. The number of hydrogen-bond donors (Lipinski definition) is 1. The summed E-state index contributed by atoms with van der Waals surface area (Å²) in [5, 5.41) is 7.91. The van der Waals surface area contributed by atoms with E-state index < -0.39 is 28.2 Å². The molecule has 3 aromatic rings. The summed E-state index contributed by atoms with van der Waals surface area (Å²) in [7, 11) is 2.91. The van der Waals surface area contributed by atoms with Gasteiger partial charge in [0.1, 0.15) is 5.69 Å². The van der Waals surface area contributed by atoms with E-state index in [1.807, 2.05) is 0 Å². The second-order valence-corrected chi connectivity index (χ2v) is 7.48. The van der Waals surface area contributed by atoms with E-state index in [1.165, 1.54) is 35.9 Å². The minimum Gasteiger partial charge on any atom is -0.327 e. The zero-order valence-corrected chi connectivity index (χ0v) is 17.0. The summed E-state index contributed by atoms with van der Waals surface area (Å²) in [6.45, 7) is -0.0746. The van der Waals surface area contributed by atoms with Gasteiger partial charge in [0, 0.05) is 7.05 Å². The lowest BCUT2D eigenvalue weighted by Crippen LogP contribution is -2.62. The molecule has 1 aromatic carbocycles. The molecule has 0 saturated carbocycles. The molecular formula is C20H17F3N7O2+. The lowest BCUT2D eigenvalue weighted by Gasteiger charge is -2.33. The minimum atomic E-state index is -4.45. The van der Waals surface area contributed by atoms with Gasteiger partial charge in [0.2, 0.25) is 0 Å². The molecule has 32 heavy (non-hydrogen) atoms. The summed E-state index contributed by atoms with van der Waals surface area (Å²) in [6.07, 6.45) is 2.37. The number of alkyl halides is 3. The van der Waals surface area contributed by atoms with Crippen LogP contribution in [0.1, 0.15) is 21.6 Å². The van der Waals surface area contributed by atoms with Gasteiger partial charge >= 0.3 is 18.1 Å². The van der Waals surface area contributed by atoms with Crippen LogP contribution in [0.5, 0.6) is 0 Å². The molecule has 12 heteroatoms. The third-order valence-corrected chi connectivity index (χ3v) is 5.16. The number of carbonyl (C=O) groups excluding carboxylic acids is 2. The first kappa shape index (κ1) is 21.3. The molecule has 9 nitrogen and oxygen atoms in total. The van der Waals surface area contributed by atoms with Gasteiger partial charge in [-0.2, -0.15) is 17.7 Å². The number of anilines is 1. The van der Waals surface area contributed by atoms with Gasteiger partial charge in [-0.25, -0.2) is 24.2 Å². The molecule has 0 bridgehead atoms. The van der Waals surface area contributed by atoms with E-state index in [9.17, 15) is 22.8 Å². The summed E-state index contributed by atoms with van der Waals surface area (Å²) in [4.78, 5) is 34.0. The standard InChI is InChI=1S/C20H16F3N7O2/c1-4-8-30(3)18(31)15-17(28(2)19(30)32)25-16(24-15)14-11-29(27-26-14)10-12-6-5-7-13(9-12)20(21,22)23/h1,5-7,9,11H,8,10H2,2-3H3/p+1. The number of hydrogen-bond acceptors (Lipinski definition) is 5. The van der Waals surface area contributed by atoms with Crippen molar-refractivity contribution in [2.24, 2.45) is 0 Å². The molecule has 0 spiro atoms. The van der Waals surface area contributed by atoms with Gasteiger partial charge in [0.05, 0.1) is 25.4 Å². The number of fused-ring (bicyclic) bond motifs is 1. The molecule has 2 aromatic heterocycles. The van der Waals surface area contributed by atoms with Gasteiger partial charge < -0.3 is 4.98 Å². The second kappa shape index (κ2) is 7.31. The van der Waals surface area contributed by atoms with Crippen molar-refractivity contribution in [2.75, 3.05) is 25.5 Å². The van der Waals surface area contributed by atoms with Gasteiger partial charge in [-0.1, -0.05) is 17.3 Å². The number of imide groups is 1. The number of nitrogens with one attached hydrogen (secondary N) is 1. The number of imidazole rings is 1. The fourth-order valence-corrected chi connectivity index (χ4v) is 3.47. The summed E-state index contributed by atoms with van der Waals surface area (Å²) in [5.74, 6) is 2.13. The molecule has 164 valence electrons. The van der Waals surface area contributed by atoms with Gasteiger partial charge in [-0.3, -0.25) is 0 Å². The molecular weight excluding hydrogens is 427 g/mol. The van der Waals surface area contributed by atoms with Crippen molar-refractivity contribution in [2.45, 2.75) is 12.7 Å². The maximum Gasteiger partial charge on any atom is 0.433 e. The number of quaternary nitrogens is 1. The third kappa shape index (κ3) is 3.42. The highest BCUT2D eigenvalue weighted by atomic mass is 19.4. The smallest absolute Gasteiger partial charge is 0.327 e. The van der Waals surface area contributed by atoms with Crippen LogP contribution in [-0.2, 0) is 12.7 Å². The number of H-pyrrole nitrogens is 1. The Kier molecular flexibility index (Phi) is 4.86. The molecule has 1 aliphatic rings. The molecule has 1 unspecified atom stereocenters. The lowest BCUT2D eigenvalue weighted by molar-refractivity contribution is -0.735. The van der Waals surface area contributed by atoms with Crippen LogP contribution in [0.3, 0.4) is 0 Å². The summed E-state index contributed by atoms with van der Waals surface area (Å²) in [6, 6.07) is 4.37. The van der Waals surface area contributed by atoms with Crippen LogP contribution < -0.4 is 4.90 Å². The number of benzene rings is 1. The van der Waals surface area contributed by atoms with Crippen molar-refractivity contribution in [1.82, 2.24) is 25.0 Å². The SMILES string of the molecule is C#CC[N+]1(C)C(=O)c2[nH]c(-c3cn(Cc4cccc(C(F)(F)F)c4)nn3)nc2N(C)C1=O. The van der Waals surface area contributed by atoms with E-state index in [1.54, 1.807) is 6.07 Å². The molecule has 1 atom stereocenters. The fraction of sp³-hybridized carbons (Fsp3) is 0.250. The van der Waals surface area contributed by atoms with Crippen LogP contribution in [0, 0.1) is 12.3 Å². The number of nitrogens with zero attached hydrogens (tertiary/aromatic N) is 6. The van der Waals surface area contributed by atoms with E-state index in [-0.39, 0.29) is 36.1 Å². The van der Waals surface area contributed by atoms with E-state index in [0.29, 0.717) is 5.56 Å². The van der Waals surface area contributed by atoms with Crippen LogP contribution in [0.4, 0.5) is 23.8 Å². The van der Waals surface area contributed by atoms with Gasteiger partial charge in [-0.15, -0.1) is 11.5 Å². The molecule has 0 saturated heterocycles. The van der Waals surface area contributed by atoms with Crippen molar-refractivity contribution in [3.05, 3.63) is 47.3 Å². The third-order valence-electron chi connectivity index (χ3n) is 5.16. The summed E-state index contributed by atoms with van der Waals surface area (Å²) in [5.41, 5.74) is -0.00950. The van der Waals surface area contributed by atoms with Crippen LogP contribution in [0.15, 0.2) is 30.5 Å². The van der Waals surface area contributed by atoms with E-state index in [2.05, 4.69) is 26.2 Å². The normalized spacial score (nSPS) is 18.6. The zero-order valence-electron chi connectivity index (χ0n) is 17.0. The Balaban J connectivity index is 1.63. The van der Waals surface area contributed by atoms with Crippen LogP contribution in [-0.4, -0.2) is 62.0 Å². The maximum absolute atomic E-state index is 12.9. The Morgan fingerprint density at radius 2 is 2.03 bits per heavy atom.